The van der Waals surface area contributed by atoms with Crippen molar-refractivity contribution in [3.05, 3.63) is 0 Å². The van der Waals surface area contributed by atoms with Gasteiger partial charge in [0.2, 0.25) is 0 Å². The fourth-order valence-electron chi connectivity index (χ4n) is 2.30. The van der Waals surface area contributed by atoms with Crippen LogP contribution >= 0.6 is 0 Å². The lowest BCUT2D eigenvalue weighted by atomic mass is 10.1. The van der Waals surface area contributed by atoms with Gasteiger partial charge in [0.15, 0.2) is 0 Å². The first kappa shape index (κ1) is 8.52. The van der Waals surface area contributed by atoms with Crippen LogP contribution in [0.2, 0.25) is 0 Å². The second-order valence-electron chi connectivity index (χ2n) is 4.29. The van der Waals surface area contributed by atoms with Crippen molar-refractivity contribution in [2.24, 2.45) is 0 Å². The third-order valence-corrected chi connectivity index (χ3v) is 3.47. The minimum absolute atomic E-state index is 0.557. The summed E-state index contributed by atoms with van der Waals surface area (Å²) in [6.45, 7) is 8.30. The smallest absolute Gasteiger partial charge is 0.0310 e. The lowest BCUT2D eigenvalue weighted by Crippen LogP contribution is -2.57. The first-order chi connectivity index (χ1) is 5.79. The molecule has 1 aliphatic heterocycles. The van der Waals surface area contributed by atoms with E-state index in [-0.39, 0.29) is 0 Å². The Morgan fingerprint density at radius 1 is 1.42 bits per heavy atom. The third kappa shape index (κ3) is 1.38. The Morgan fingerprint density at radius 3 is 2.67 bits per heavy atom. The van der Waals surface area contributed by atoms with E-state index in [2.05, 4.69) is 24.1 Å². The van der Waals surface area contributed by atoms with Crippen LogP contribution in [0.15, 0.2) is 0 Å². The van der Waals surface area contributed by atoms with Gasteiger partial charge in [-0.1, -0.05) is 13.8 Å². The summed E-state index contributed by atoms with van der Waals surface area (Å²) in [6, 6.07) is 0.793. The molecule has 12 heavy (non-hydrogen) atoms. The minimum atomic E-state index is 0.557. The van der Waals surface area contributed by atoms with E-state index in [4.69, 9.17) is 0 Å². The zero-order chi connectivity index (χ0) is 8.60. The molecule has 0 aromatic carbocycles. The molecule has 2 aliphatic rings. The van der Waals surface area contributed by atoms with E-state index in [1.165, 1.54) is 38.9 Å². The molecule has 0 aromatic rings. The van der Waals surface area contributed by atoms with Gasteiger partial charge in [0.1, 0.15) is 0 Å². The van der Waals surface area contributed by atoms with Crippen LogP contribution in [0.5, 0.6) is 0 Å². The zero-order valence-corrected chi connectivity index (χ0v) is 8.27. The van der Waals surface area contributed by atoms with Gasteiger partial charge in [0, 0.05) is 24.7 Å². The van der Waals surface area contributed by atoms with Crippen LogP contribution in [0, 0.1) is 0 Å². The molecule has 0 bridgehead atoms. The molecule has 1 N–H and O–H groups in total. The average molecular weight is 168 g/mol. The Morgan fingerprint density at radius 2 is 2.17 bits per heavy atom. The predicted molar refractivity (Wildman–Crippen MR) is 51.3 cm³/mol. The number of likely N-dealkylation sites (N-methyl/N-ethyl adjacent to an activating group) is 1. The Balaban J connectivity index is 1.95. The lowest BCUT2D eigenvalue weighted by Gasteiger charge is -2.40. The van der Waals surface area contributed by atoms with Crippen LogP contribution in [0.3, 0.4) is 0 Å². The molecule has 2 heteroatoms. The average Bonchev–Trinajstić information content (AvgIpc) is 2.85. The molecule has 70 valence electrons. The SMILES string of the molecule is CCC1CNC2(CC2)CN1CC. The van der Waals surface area contributed by atoms with Crippen molar-refractivity contribution in [1.29, 1.82) is 0 Å². The number of rotatable bonds is 2. The van der Waals surface area contributed by atoms with Crippen LogP contribution in [0.25, 0.3) is 0 Å². The molecule has 0 radical (unpaired) electrons. The Labute approximate surface area is 75.3 Å². The second kappa shape index (κ2) is 3.00. The zero-order valence-electron chi connectivity index (χ0n) is 8.27. The van der Waals surface area contributed by atoms with Gasteiger partial charge in [-0.15, -0.1) is 0 Å². The number of hydrogen-bond donors (Lipinski definition) is 1. The van der Waals surface area contributed by atoms with Crippen LogP contribution < -0.4 is 5.32 Å². The first-order valence-electron chi connectivity index (χ1n) is 5.29. The summed E-state index contributed by atoms with van der Waals surface area (Å²) in [7, 11) is 0. The Kier molecular flexibility index (Phi) is 2.13. The number of piperazine rings is 1. The van der Waals surface area contributed by atoms with Crippen molar-refractivity contribution >= 4 is 0 Å². The van der Waals surface area contributed by atoms with Crippen molar-refractivity contribution in [3.63, 3.8) is 0 Å². The summed E-state index contributed by atoms with van der Waals surface area (Å²) >= 11 is 0. The van der Waals surface area contributed by atoms with E-state index in [0.29, 0.717) is 5.54 Å². The van der Waals surface area contributed by atoms with E-state index in [9.17, 15) is 0 Å². The molecular formula is C10H20N2. The Hall–Kier alpha value is -0.0800. The quantitative estimate of drug-likeness (QED) is 0.667. The summed E-state index contributed by atoms with van der Waals surface area (Å²) in [6.07, 6.45) is 4.09. The molecule has 0 aromatic heterocycles. The van der Waals surface area contributed by atoms with Crippen LogP contribution in [0.4, 0.5) is 0 Å². The molecule has 2 nitrogen and oxygen atoms in total. The van der Waals surface area contributed by atoms with Crippen LogP contribution in [-0.2, 0) is 0 Å². The van der Waals surface area contributed by atoms with E-state index in [0.717, 1.165) is 6.04 Å². The van der Waals surface area contributed by atoms with E-state index in [1.54, 1.807) is 0 Å². The van der Waals surface area contributed by atoms with Crippen LogP contribution in [-0.4, -0.2) is 36.1 Å². The molecule has 1 saturated heterocycles. The Bertz CT molecular complexity index is 163. The van der Waals surface area contributed by atoms with Crippen molar-refractivity contribution in [2.75, 3.05) is 19.6 Å². The van der Waals surface area contributed by atoms with Crippen molar-refractivity contribution in [1.82, 2.24) is 10.2 Å². The monoisotopic (exact) mass is 168 g/mol. The maximum atomic E-state index is 3.69. The normalized spacial score (nSPS) is 34.0. The number of nitrogens with one attached hydrogen (secondary N) is 1. The van der Waals surface area contributed by atoms with Gasteiger partial charge < -0.3 is 5.32 Å². The fourth-order valence-corrected chi connectivity index (χ4v) is 2.30. The largest absolute Gasteiger partial charge is 0.308 e. The summed E-state index contributed by atoms with van der Waals surface area (Å²) in [4.78, 5) is 2.64. The summed E-state index contributed by atoms with van der Waals surface area (Å²) < 4.78 is 0. The third-order valence-electron chi connectivity index (χ3n) is 3.47. The lowest BCUT2D eigenvalue weighted by molar-refractivity contribution is 0.125. The number of hydrogen-bond acceptors (Lipinski definition) is 2. The fraction of sp³-hybridized carbons (Fsp3) is 1.00. The maximum absolute atomic E-state index is 3.69. The van der Waals surface area contributed by atoms with E-state index < -0.39 is 0 Å². The van der Waals surface area contributed by atoms with Gasteiger partial charge in [-0.3, -0.25) is 4.90 Å². The highest BCUT2D eigenvalue weighted by Crippen LogP contribution is 2.38. The summed E-state index contributed by atoms with van der Waals surface area (Å²) in [5.41, 5.74) is 0.557. The molecule has 1 unspecified atom stereocenters. The maximum Gasteiger partial charge on any atom is 0.0310 e. The summed E-state index contributed by atoms with van der Waals surface area (Å²) in [5.74, 6) is 0. The second-order valence-corrected chi connectivity index (χ2v) is 4.29. The molecule has 1 heterocycles. The predicted octanol–water partition coefficient (Wildman–Crippen LogP) is 1.22. The molecular weight excluding hydrogens is 148 g/mol. The molecule has 1 saturated carbocycles. The highest BCUT2D eigenvalue weighted by molar-refractivity contribution is 5.07. The molecule has 1 spiro atoms. The van der Waals surface area contributed by atoms with E-state index >= 15 is 0 Å². The molecule has 2 fully saturated rings. The molecule has 0 amide bonds. The van der Waals surface area contributed by atoms with Gasteiger partial charge in [0.05, 0.1) is 0 Å². The van der Waals surface area contributed by atoms with E-state index in [1.807, 2.05) is 0 Å². The van der Waals surface area contributed by atoms with Gasteiger partial charge in [-0.25, -0.2) is 0 Å². The van der Waals surface area contributed by atoms with Crippen molar-refractivity contribution in [3.8, 4) is 0 Å². The highest BCUT2D eigenvalue weighted by atomic mass is 15.3. The van der Waals surface area contributed by atoms with Gasteiger partial charge in [-0.2, -0.15) is 0 Å². The molecule has 1 atom stereocenters. The van der Waals surface area contributed by atoms with Gasteiger partial charge in [-0.05, 0) is 25.8 Å². The van der Waals surface area contributed by atoms with Crippen LogP contribution in [0.1, 0.15) is 33.1 Å². The highest BCUT2D eigenvalue weighted by Gasteiger charge is 2.46. The van der Waals surface area contributed by atoms with Gasteiger partial charge in [0.25, 0.3) is 0 Å². The molecule has 1 aliphatic carbocycles. The minimum Gasteiger partial charge on any atom is -0.308 e. The van der Waals surface area contributed by atoms with Crippen molar-refractivity contribution < 1.29 is 0 Å². The van der Waals surface area contributed by atoms with Gasteiger partial charge >= 0.3 is 0 Å². The molecule has 2 rings (SSSR count). The summed E-state index contributed by atoms with van der Waals surface area (Å²) in [5, 5.41) is 3.69. The first-order valence-corrected chi connectivity index (χ1v) is 5.29. The van der Waals surface area contributed by atoms with Crippen molar-refractivity contribution in [2.45, 2.75) is 44.7 Å². The number of nitrogens with zero attached hydrogens (tertiary/aromatic N) is 1. The standard InChI is InChI=1S/C10H20N2/c1-3-9-7-11-10(5-6-10)8-12(9)4-2/h9,11H,3-8H2,1-2H3. The topological polar surface area (TPSA) is 15.3 Å².